The molecule has 8 rings (SSSR count). The van der Waals surface area contributed by atoms with E-state index >= 15 is 0 Å². The van der Waals surface area contributed by atoms with Gasteiger partial charge in [0.05, 0.1) is 0 Å². The van der Waals surface area contributed by atoms with Gasteiger partial charge in [-0.25, -0.2) is 0 Å². The van der Waals surface area contributed by atoms with Gasteiger partial charge >= 0.3 is 0 Å². The fourth-order valence-electron chi connectivity index (χ4n) is 8.91. The Balaban J connectivity index is 1.48. The minimum Gasteiger partial charge on any atom is -0.486 e. The van der Waals surface area contributed by atoms with E-state index in [1.54, 1.807) is 5.56 Å². The first kappa shape index (κ1) is 17.6. The van der Waals surface area contributed by atoms with E-state index in [-0.39, 0.29) is 35.1 Å². The zero-order chi connectivity index (χ0) is 19.6. The SMILES string of the molecule is COC12CC[C@@]3(CC1CO)[C@H]1Cc4ccc(C)c5c4[C@@]3(CCN1CC1CC1)C2O5. The number of piperidine rings is 1. The minimum atomic E-state index is -0.347. The molecule has 7 aliphatic rings. The Morgan fingerprint density at radius 1 is 1.24 bits per heavy atom. The molecule has 29 heavy (non-hydrogen) atoms. The van der Waals surface area contributed by atoms with Crippen molar-refractivity contribution in [2.45, 2.75) is 75.0 Å². The van der Waals surface area contributed by atoms with E-state index in [4.69, 9.17) is 9.47 Å². The van der Waals surface area contributed by atoms with Crippen LogP contribution in [0.15, 0.2) is 12.1 Å². The number of benzene rings is 1. The highest BCUT2D eigenvalue weighted by molar-refractivity contribution is 5.61. The van der Waals surface area contributed by atoms with Gasteiger partial charge in [-0.1, -0.05) is 12.1 Å². The summed E-state index contributed by atoms with van der Waals surface area (Å²) in [7, 11) is 1.86. The van der Waals surface area contributed by atoms with Crippen LogP contribution in [-0.2, 0) is 16.6 Å². The number of hydrogen-bond donors (Lipinski definition) is 1. The van der Waals surface area contributed by atoms with Crippen LogP contribution in [0.25, 0.3) is 0 Å². The summed E-state index contributed by atoms with van der Waals surface area (Å²) < 4.78 is 13.3. The Morgan fingerprint density at radius 3 is 2.86 bits per heavy atom. The standard InChI is InChI=1S/C25H33NO3/c1-15-3-6-17-11-19-23-7-8-25(28-2,18(12-23)14-27)22-24(23,20(17)21(15)29-22)9-10-26(19)13-16-4-5-16/h3,6,16,18-19,22,27H,4-5,7-14H2,1-2H3/t18?,19-,22?,23-,24+,25?/m1/s1. The number of aryl methyl sites for hydroxylation is 1. The lowest BCUT2D eigenvalue weighted by Gasteiger charge is -2.73. The lowest BCUT2D eigenvalue weighted by atomic mass is 9.35. The Bertz CT molecular complexity index is 896. The second-order valence-corrected chi connectivity index (χ2v) is 11.0. The molecule has 3 unspecified atom stereocenters. The number of ether oxygens (including phenoxy) is 2. The molecule has 0 radical (unpaired) electrons. The zero-order valence-electron chi connectivity index (χ0n) is 17.7. The molecule has 5 aliphatic carbocycles. The number of methoxy groups -OCH3 is 1. The third-order valence-electron chi connectivity index (χ3n) is 10.2. The van der Waals surface area contributed by atoms with Gasteiger partial charge in [0.1, 0.15) is 17.5 Å². The molecule has 4 saturated carbocycles. The molecule has 1 aromatic rings. The molecule has 1 N–H and O–H groups in total. The molecule has 4 nitrogen and oxygen atoms in total. The number of likely N-dealkylation sites (tertiary alicyclic amines) is 1. The number of aliphatic hydroxyl groups is 1. The van der Waals surface area contributed by atoms with E-state index in [2.05, 4.69) is 24.0 Å². The highest BCUT2D eigenvalue weighted by Crippen LogP contribution is 2.76. The molecule has 5 fully saturated rings. The molecular formula is C25H33NO3. The predicted octanol–water partition coefficient (Wildman–Crippen LogP) is 3.21. The van der Waals surface area contributed by atoms with Crippen molar-refractivity contribution >= 4 is 0 Å². The van der Waals surface area contributed by atoms with Gasteiger partial charge in [-0.15, -0.1) is 0 Å². The minimum absolute atomic E-state index is 0.0559. The van der Waals surface area contributed by atoms with Gasteiger partial charge in [-0.3, -0.25) is 4.90 Å². The maximum Gasteiger partial charge on any atom is 0.138 e. The van der Waals surface area contributed by atoms with Crippen molar-refractivity contribution in [3.63, 3.8) is 0 Å². The summed E-state index contributed by atoms with van der Waals surface area (Å²) in [5.74, 6) is 2.26. The van der Waals surface area contributed by atoms with Crippen molar-refractivity contribution in [1.82, 2.24) is 4.90 Å². The van der Waals surface area contributed by atoms with E-state index in [1.807, 2.05) is 7.11 Å². The van der Waals surface area contributed by atoms with Crippen LogP contribution in [0.2, 0.25) is 0 Å². The first-order valence-corrected chi connectivity index (χ1v) is 11.8. The quantitative estimate of drug-likeness (QED) is 0.850. The van der Waals surface area contributed by atoms with Crippen LogP contribution in [-0.4, -0.2) is 54.6 Å². The van der Waals surface area contributed by atoms with Gasteiger partial charge in [0.2, 0.25) is 0 Å². The number of hydrogen-bond acceptors (Lipinski definition) is 4. The van der Waals surface area contributed by atoms with Crippen LogP contribution >= 0.6 is 0 Å². The van der Waals surface area contributed by atoms with Gasteiger partial charge < -0.3 is 14.6 Å². The highest BCUT2D eigenvalue weighted by Gasteiger charge is 2.80. The average Bonchev–Trinajstić information content (AvgIpc) is 3.48. The Kier molecular flexibility index (Phi) is 3.26. The normalized spacial score (nSPS) is 46.5. The van der Waals surface area contributed by atoms with Crippen molar-refractivity contribution in [2.75, 3.05) is 26.8 Å². The molecule has 1 saturated heterocycles. The maximum atomic E-state index is 10.5. The summed E-state index contributed by atoms with van der Waals surface area (Å²) in [5, 5.41) is 10.5. The molecule has 2 aliphatic heterocycles. The third-order valence-corrected chi connectivity index (χ3v) is 10.2. The monoisotopic (exact) mass is 395 g/mol. The molecular weight excluding hydrogens is 362 g/mol. The van der Waals surface area contributed by atoms with Crippen LogP contribution in [0.4, 0.5) is 0 Å². The molecule has 2 heterocycles. The van der Waals surface area contributed by atoms with Gasteiger partial charge in [0.15, 0.2) is 0 Å². The van der Waals surface area contributed by atoms with Crippen molar-refractivity contribution in [3.05, 3.63) is 28.8 Å². The summed E-state index contributed by atoms with van der Waals surface area (Å²) in [4.78, 5) is 2.86. The molecule has 2 spiro atoms. The molecule has 0 amide bonds. The number of aliphatic hydroxyl groups excluding tert-OH is 1. The topological polar surface area (TPSA) is 41.9 Å². The first-order chi connectivity index (χ1) is 14.1. The molecule has 4 bridgehead atoms. The number of fused-ring (bicyclic) bond motifs is 2. The van der Waals surface area contributed by atoms with Gasteiger partial charge in [-0.2, -0.15) is 0 Å². The van der Waals surface area contributed by atoms with Crippen LogP contribution in [0, 0.1) is 24.2 Å². The van der Waals surface area contributed by atoms with Crippen molar-refractivity contribution in [3.8, 4) is 5.75 Å². The Labute approximate surface area is 173 Å². The summed E-state index contributed by atoms with van der Waals surface area (Å²) in [6, 6.07) is 5.26. The average molecular weight is 396 g/mol. The van der Waals surface area contributed by atoms with E-state index in [0.717, 1.165) is 30.9 Å². The first-order valence-electron chi connectivity index (χ1n) is 11.8. The molecule has 156 valence electrons. The van der Waals surface area contributed by atoms with E-state index < -0.39 is 0 Å². The van der Waals surface area contributed by atoms with Crippen LogP contribution in [0.5, 0.6) is 5.75 Å². The summed E-state index contributed by atoms with van der Waals surface area (Å²) in [5.41, 5.74) is 4.30. The van der Waals surface area contributed by atoms with Gasteiger partial charge in [0, 0.05) is 48.6 Å². The van der Waals surface area contributed by atoms with Crippen LogP contribution in [0.1, 0.15) is 55.2 Å². The predicted molar refractivity (Wildman–Crippen MR) is 110 cm³/mol. The van der Waals surface area contributed by atoms with Crippen molar-refractivity contribution in [1.29, 1.82) is 0 Å². The fraction of sp³-hybridized carbons (Fsp3) is 0.760. The fourth-order valence-corrected chi connectivity index (χ4v) is 8.91. The highest BCUT2D eigenvalue weighted by atomic mass is 16.6. The smallest absolute Gasteiger partial charge is 0.138 e. The van der Waals surface area contributed by atoms with Crippen molar-refractivity contribution in [2.24, 2.45) is 17.3 Å². The number of nitrogens with zero attached hydrogens (tertiary/aromatic N) is 1. The molecule has 6 atom stereocenters. The largest absolute Gasteiger partial charge is 0.486 e. The van der Waals surface area contributed by atoms with Crippen molar-refractivity contribution < 1.29 is 14.6 Å². The summed E-state index contributed by atoms with van der Waals surface area (Å²) in [6.45, 7) is 4.89. The molecule has 4 heteroatoms. The lowest BCUT2D eigenvalue weighted by molar-refractivity contribution is -0.281. The van der Waals surface area contributed by atoms with Crippen LogP contribution < -0.4 is 4.74 Å². The maximum absolute atomic E-state index is 10.5. The molecule has 0 aromatic heterocycles. The van der Waals surface area contributed by atoms with E-state index in [1.165, 1.54) is 49.9 Å². The Hall–Kier alpha value is -1.10. The summed E-state index contributed by atoms with van der Waals surface area (Å²) >= 11 is 0. The second-order valence-electron chi connectivity index (χ2n) is 11.0. The third kappa shape index (κ3) is 1.78. The zero-order valence-corrected chi connectivity index (χ0v) is 17.7. The number of rotatable bonds is 4. The van der Waals surface area contributed by atoms with Gasteiger partial charge in [-0.05, 0) is 75.5 Å². The Morgan fingerprint density at radius 2 is 2.10 bits per heavy atom. The lowest BCUT2D eigenvalue weighted by Crippen LogP contribution is -2.81. The second kappa shape index (κ2) is 5.38. The summed E-state index contributed by atoms with van der Waals surface area (Å²) in [6.07, 6.45) is 8.57. The van der Waals surface area contributed by atoms with Gasteiger partial charge in [0.25, 0.3) is 0 Å². The van der Waals surface area contributed by atoms with E-state index in [9.17, 15) is 5.11 Å². The molecule has 1 aromatic carbocycles. The van der Waals surface area contributed by atoms with E-state index in [0.29, 0.717) is 6.04 Å². The van der Waals surface area contributed by atoms with Crippen LogP contribution in [0.3, 0.4) is 0 Å².